The van der Waals surface area contributed by atoms with Crippen molar-refractivity contribution < 1.29 is 4.39 Å². The number of H-pyrrole nitrogens is 1. The quantitative estimate of drug-likeness (QED) is 0.908. The summed E-state index contributed by atoms with van der Waals surface area (Å²) in [6.07, 6.45) is 2.18. The Kier molecular flexibility index (Phi) is 3.63. The molecule has 112 valence electrons. The Bertz CT molecular complexity index is 626. The molecule has 2 aromatic rings. The highest BCUT2D eigenvalue weighted by Gasteiger charge is 2.31. The molecule has 1 aliphatic rings. The van der Waals surface area contributed by atoms with Gasteiger partial charge in [-0.25, -0.2) is 4.39 Å². The van der Waals surface area contributed by atoms with Crippen LogP contribution in [0.3, 0.4) is 0 Å². The number of nitrogens with zero attached hydrogens (tertiary/aromatic N) is 3. The number of aromatic amines is 1. The molecular formula is C15H20FN5. The average Bonchev–Trinajstić information content (AvgIpc) is 2.97. The zero-order valence-electron chi connectivity index (χ0n) is 12.1. The molecule has 21 heavy (non-hydrogen) atoms. The van der Waals surface area contributed by atoms with Crippen LogP contribution in [0.15, 0.2) is 24.3 Å². The van der Waals surface area contributed by atoms with Gasteiger partial charge in [0.1, 0.15) is 5.82 Å². The van der Waals surface area contributed by atoms with Crippen molar-refractivity contribution in [2.45, 2.75) is 19.8 Å². The topological polar surface area (TPSA) is 70.8 Å². The van der Waals surface area contributed by atoms with Crippen LogP contribution >= 0.6 is 0 Å². The van der Waals surface area contributed by atoms with E-state index < -0.39 is 0 Å². The number of nitrogens with two attached hydrogens (primary N) is 1. The Morgan fingerprint density at radius 3 is 3.00 bits per heavy atom. The van der Waals surface area contributed by atoms with Gasteiger partial charge < -0.3 is 10.6 Å². The van der Waals surface area contributed by atoms with Crippen LogP contribution in [0, 0.1) is 11.2 Å². The fraction of sp³-hybridized carbons (Fsp3) is 0.467. The molecule has 2 heterocycles. The van der Waals surface area contributed by atoms with Crippen LogP contribution in [0.25, 0.3) is 11.4 Å². The van der Waals surface area contributed by atoms with Gasteiger partial charge in [0, 0.05) is 13.1 Å². The molecule has 0 saturated carbocycles. The summed E-state index contributed by atoms with van der Waals surface area (Å²) in [4.78, 5) is 6.57. The molecule has 0 amide bonds. The summed E-state index contributed by atoms with van der Waals surface area (Å²) >= 11 is 0. The lowest BCUT2D eigenvalue weighted by atomic mass is 9.82. The molecule has 1 aliphatic heterocycles. The summed E-state index contributed by atoms with van der Waals surface area (Å²) in [6, 6.07) is 6.56. The minimum absolute atomic E-state index is 0.0943. The van der Waals surface area contributed by atoms with Crippen LogP contribution in [-0.2, 0) is 0 Å². The molecule has 1 fully saturated rings. The smallest absolute Gasteiger partial charge is 0.245 e. The predicted molar refractivity (Wildman–Crippen MR) is 80.4 cm³/mol. The fourth-order valence-electron chi connectivity index (χ4n) is 2.82. The van der Waals surface area contributed by atoms with E-state index >= 15 is 0 Å². The first-order valence-electron chi connectivity index (χ1n) is 7.24. The van der Waals surface area contributed by atoms with Gasteiger partial charge in [-0.15, -0.1) is 5.10 Å². The molecule has 1 aromatic carbocycles. The van der Waals surface area contributed by atoms with Crippen LogP contribution in [0.4, 0.5) is 10.3 Å². The number of aromatic nitrogens is 3. The summed E-state index contributed by atoms with van der Waals surface area (Å²) in [7, 11) is 0. The average molecular weight is 289 g/mol. The molecule has 0 radical (unpaired) electrons. The minimum atomic E-state index is -0.300. The molecule has 1 unspecified atom stereocenters. The number of rotatable bonds is 3. The first-order valence-corrected chi connectivity index (χ1v) is 7.24. The number of hydrogen-bond donors (Lipinski definition) is 2. The van der Waals surface area contributed by atoms with Crippen molar-refractivity contribution in [2.24, 2.45) is 11.1 Å². The zero-order valence-corrected chi connectivity index (χ0v) is 12.1. The first kappa shape index (κ1) is 14.0. The largest absolute Gasteiger partial charge is 0.339 e. The first-order chi connectivity index (χ1) is 10.1. The van der Waals surface area contributed by atoms with Crippen LogP contribution in [-0.4, -0.2) is 34.8 Å². The lowest BCUT2D eigenvalue weighted by Crippen LogP contribution is -2.46. The van der Waals surface area contributed by atoms with Crippen LogP contribution < -0.4 is 10.6 Å². The normalized spacial score (nSPS) is 22.5. The minimum Gasteiger partial charge on any atom is -0.339 e. The highest BCUT2D eigenvalue weighted by atomic mass is 19.1. The van der Waals surface area contributed by atoms with E-state index in [0.29, 0.717) is 23.9 Å². The summed E-state index contributed by atoms with van der Waals surface area (Å²) in [6.45, 7) is 4.57. The van der Waals surface area contributed by atoms with Gasteiger partial charge in [0.25, 0.3) is 0 Å². The van der Waals surface area contributed by atoms with E-state index in [4.69, 9.17) is 5.73 Å². The van der Waals surface area contributed by atoms with E-state index in [2.05, 4.69) is 27.0 Å². The van der Waals surface area contributed by atoms with Gasteiger partial charge in [-0.1, -0.05) is 19.1 Å². The molecule has 5 nitrogen and oxygen atoms in total. The summed E-state index contributed by atoms with van der Waals surface area (Å²) in [5, 5.41) is 7.07. The van der Waals surface area contributed by atoms with Crippen LogP contribution in [0.5, 0.6) is 0 Å². The summed E-state index contributed by atoms with van der Waals surface area (Å²) in [5.74, 6) is 0.779. The molecule has 1 aromatic heterocycles. The lowest BCUT2D eigenvalue weighted by molar-refractivity contribution is 0.270. The molecule has 0 aliphatic carbocycles. The maximum atomic E-state index is 13.8. The maximum absolute atomic E-state index is 13.8. The van der Waals surface area contributed by atoms with E-state index in [9.17, 15) is 4.39 Å². The van der Waals surface area contributed by atoms with Crippen molar-refractivity contribution in [3.63, 3.8) is 0 Å². The van der Waals surface area contributed by atoms with Gasteiger partial charge in [-0.3, -0.25) is 5.10 Å². The van der Waals surface area contributed by atoms with E-state index in [0.717, 1.165) is 25.9 Å². The highest BCUT2D eigenvalue weighted by molar-refractivity contribution is 5.57. The third-order valence-electron chi connectivity index (χ3n) is 4.16. The van der Waals surface area contributed by atoms with Crippen LogP contribution in [0.2, 0.25) is 0 Å². The highest BCUT2D eigenvalue weighted by Crippen LogP contribution is 2.30. The molecular weight excluding hydrogens is 269 g/mol. The van der Waals surface area contributed by atoms with Gasteiger partial charge in [0.05, 0.1) is 5.56 Å². The lowest BCUT2D eigenvalue weighted by Gasteiger charge is -2.39. The molecule has 1 saturated heterocycles. The summed E-state index contributed by atoms with van der Waals surface area (Å²) in [5.41, 5.74) is 6.40. The fourth-order valence-corrected chi connectivity index (χ4v) is 2.82. The van der Waals surface area contributed by atoms with Crippen molar-refractivity contribution in [3.05, 3.63) is 30.1 Å². The monoisotopic (exact) mass is 289 g/mol. The van der Waals surface area contributed by atoms with Crippen molar-refractivity contribution in [3.8, 4) is 11.4 Å². The molecule has 3 N–H and O–H groups in total. The number of piperidine rings is 1. The van der Waals surface area contributed by atoms with Crippen molar-refractivity contribution in [2.75, 3.05) is 24.5 Å². The van der Waals surface area contributed by atoms with E-state index in [-0.39, 0.29) is 11.2 Å². The van der Waals surface area contributed by atoms with Gasteiger partial charge in [-0.2, -0.15) is 4.98 Å². The number of benzene rings is 1. The maximum Gasteiger partial charge on any atom is 0.245 e. The van der Waals surface area contributed by atoms with E-state index in [1.165, 1.54) is 6.07 Å². The van der Waals surface area contributed by atoms with E-state index in [1.807, 2.05) is 0 Å². The molecule has 6 heteroatoms. The second-order valence-corrected chi connectivity index (χ2v) is 6.00. The van der Waals surface area contributed by atoms with Crippen molar-refractivity contribution >= 4 is 5.95 Å². The summed E-state index contributed by atoms with van der Waals surface area (Å²) < 4.78 is 13.8. The van der Waals surface area contributed by atoms with Crippen molar-refractivity contribution in [1.82, 2.24) is 15.2 Å². The Morgan fingerprint density at radius 1 is 1.43 bits per heavy atom. The number of halogens is 1. The van der Waals surface area contributed by atoms with E-state index in [1.54, 1.807) is 18.2 Å². The Morgan fingerprint density at radius 2 is 2.24 bits per heavy atom. The van der Waals surface area contributed by atoms with Gasteiger partial charge in [0.2, 0.25) is 5.95 Å². The molecule has 0 bridgehead atoms. The standard InChI is InChI=1S/C15H20FN5/c1-15(9-17)7-4-8-21(10-15)14-18-13(19-20-14)11-5-2-3-6-12(11)16/h2-3,5-6H,4,7-10,17H2,1H3,(H,18,19,20). The van der Waals surface area contributed by atoms with Crippen molar-refractivity contribution in [1.29, 1.82) is 0 Å². The third-order valence-corrected chi connectivity index (χ3v) is 4.16. The zero-order chi connectivity index (χ0) is 14.9. The molecule has 0 spiro atoms. The number of anilines is 1. The second kappa shape index (κ2) is 5.44. The second-order valence-electron chi connectivity index (χ2n) is 6.00. The predicted octanol–water partition coefficient (Wildman–Crippen LogP) is 2.18. The van der Waals surface area contributed by atoms with Gasteiger partial charge >= 0.3 is 0 Å². The van der Waals surface area contributed by atoms with Gasteiger partial charge in [-0.05, 0) is 36.9 Å². The molecule has 1 atom stereocenters. The molecule has 3 rings (SSSR count). The third kappa shape index (κ3) is 2.76. The number of nitrogens with one attached hydrogen (secondary N) is 1. The number of hydrogen-bond acceptors (Lipinski definition) is 4. The Hall–Kier alpha value is -1.95. The van der Waals surface area contributed by atoms with Crippen LogP contribution in [0.1, 0.15) is 19.8 Å². The SMILES string of the molecule is CC1(CN)CCCN(c2n[nH]c(-c3ccccc3F)n2)C1. The van der Waals surface area contributed by atoms with Gasteiger partial charge in [0.15, 0.2) is 5.82 Å². The Balaban J connectivity index is 1.84. The Labute approximate surface area is 123 Å².